The molecule has 3 aliphatic rings. The summed E-state index contributed by atoms with van der Waals surface area (Å²) < 4.78 is 35.8. The molecule has 7 heteroatoms. The smallest absolute Gasteiger partial charge is 0.302 e. The largest absolute Gasteiger partial charge is 0.508 e. The van der Waals surface area contributed by atoms with Crippen molar-refractivity contribution < 1.29 is 27.2 Å². The van der Waals surface area contributed by atoms with E-state index < -0.39 is 10.1 Å². The van der Waals surface area contributed by atoms with Crippen LogP contribution in [0.3, 0.4) is 0 Å². The molecule has 0 amide bonds. The van der Waals surface area contributed by atoms with E-state index in [9.17, 15) is 18.3 Å². The van der Waals surface area contributed by atoms with Crippen LogP contribution in [0.25, 0.3) is 0 Å². The summed E-state index contributed by atoms with van der Waals surface area (Å²) in [6, 6.07) is 12.8. The summed E-state index contributed by atoms with van der Waals surface area (Å²) in [4.78, 5) is 12.1. The van der Waals surface area contributed by atoms with Gasteiger partial charge in [-0.2, -0.15) is 8.42 Å². The molecule has 3 aliphatic carbocycles. The van der Waals surface area contributed by atoms with Gasteiger partial charge in [-0.05, 0) is 111 Å². The second-order valence-corrected chi connectivity index (χ2v) is 15.3. The summed E-state index contributed by atoms with van der Waals surface area (Å²) in [7, 11) is -3.68. The van der Waals surface area contributed by atoms with Crippen molar-refractivity contribution >= 4 is 16.1 Å². The number of phenolic OH excluding ortho intramolecular Hbond substituents is 1. The zero-order chi connectivity index (χ0) is 30.6. The van der Waals surface area contributed by atoms with Crippen LogP contribution in [0.15, 0.2) is 47.4 Å². The summed E-state index contributed by atoms with van der Waals surface area (Å²) in [6.45, 7) is 6.08. The van der Waals surface area contributed by atoms with Gasteiger partial charge in [0, 0.05) is 12.3 Å². The Hall–Kier alpha value is -2.38. The Labute approximate surface area is 258 Å². The molecule has 6 nitrogen and oxygen atoms in total. The van der Waals surface area contributed by atoms with Crippen LogP contribution >= 0.6 is 0 Å². The van der Waals surface area contributed by atoms with Gasteiger partial charge in [0.2, 0.25) is 0 Å². The van der Waals surface area contributed by atoms with Crippen LogP contribution < -0.4 is 0 Å². The number of ether oxygens (including phenoxy) is 1. The maximum atomic E-state index is 12.3. The third-order valence-corrected chi connectivity index (χ3v) is 12.2. The highest BCUT2D eigenvalue weighted by Crippen LogP contribution is 2.63. The number of benzene rings is 2. The normalized spacial score (nSPS) is 28.1. The van der Waals surface area contributed by atoms with E-state index >= 15 is 0 Å². The predicted octanol–water partition coefficient (Wildman–Crippen LogP) is 8.24. The topological polar surface area (TPSA) is 89.9 Å². The van der Waals surface area contributed by atoms with Crippen molar-refractivity contribution in [2.24, 2.45) is 23.2 Å². The second kappa shape index (κ2) is 13.7. The number of aryl methyl sites for hydroxylation is 1. The van der Waals surface area contributed by atoms with Crippen LogP contribution in [0, 0.1) is 30.1 Å². The van der Waals surface area contributed by atoms with Gasteiger partial charge in [0.25, 0.3) is 10.1 Å². The number of hydrogen-bond acceptors (Lipinski definition) is 6. The van der Waals surface area contributed by atoms with E-state index in [1.54, 1.807) is 31.2 Å². The molecule has 1 N–H and O–H groups in total. The average molecular weight is 611 g/mol. The summed E-state index contributed by atoms with van der Waals surface area (Å²) in [5.41, 5.74) is 3.85. The highest BCUT2D eigenvalue weighted by Gasteiger charge is 2.58. The SMILES string of the molecule is CC(=O)O[C@H]1CCC2C3C(CC[C@@]21C)c1ccc(O)cc1C[C@H]3CCCCCCCCCOS(=O)(=O)c1ccc(C)cc1. The lowest BCUT2D eigenvalue weighted by molar-refractivity contribution is -0.155. The van der Waals surface area contributed by atoms with Crippen molar-refractivity contribution in [2.75, 3.05) is 6.61 Å². The Balaban J connectivity index is 1.08. The molecule has 3 unspecified atom stereocenters. The Morgan fingerprint density at radius 3 is 2.37 bits per heavy atom. The van der Waals surface area contributed by atoms with Crippen LogP contribution in [-0.2, 0) is 30.3 Å². The van der Waals surface area contributed by atoms with Gasteiger partial charge in [-0.25, -0.2) is 0 Å². The highest BCUT2D eigenvalue weighted by molar-refractivity contribution is 7.86. The van der Waals surface area contributed by atoms with Crippen LogP contribution in [0.2, 0.25) is 0 Å². The van der Waals surface area contributed by atoms with Gasteiger partial charge in [0.15, 0.2) is 0 Å². The molecule has 0 radical (unpaired) electrons. The first-order valence-corrected chi connectivity index (χ1v) is 17.9. The van der Waals surface area contributed by atoms with E-state index in [-0.39, 0.29) is 29.0 Å². The third kappa shape index (κ3) is 7.30. The van der Waals surface area contributed by atoms with Crippen molar-refractivity contribution in [1.82, 2.24) is 0 Å². The van der Waals surface area contributed by atoms with Gasteiger partial charge in [-0.3, -0.25) is 8.98 Å². The molecule has 2 aromatic carbocycles. The molecular formula is C36H50O6S. The van der Waals surface area contributed by atoms with Crippen molar-refractivity contribution in [2.45, 2.75) is 121 Å². The summed E-state index contributed by atoms with van der Waals surface area (Å²) in [5.74, 6) is 2.50. The average Bonchev–Trinajstić information content (AvgIpc) is 3.29. The lowest BCUT2D eigenvalue weighted by Crippen LogP contribution is -2.48. The molecular weight excluding hydrogens is 560 g/mol. The Bertz CT molecular complexity index is 1350. The Morgan fingerprint density at radius 1 is 0.953 bits per heavy atom. The van der Waals surface area contributed by atoms with E-state index in [2.05, 4.69) is 13.0 Å². The molecule has 2 aromatic rings. The zero-order valence-electron chi connectivity index (χ0n) is 26.2. The van der Waals surface area contributed by atoms with Gasteiger partial charge in [-0.1, -0.05) is 69.2 Å². The van der Waals surface area contributed by atoms with Gasteiger partial charge in [0.05, 0.1) is 11.5 Å². The molecule has 5 rings (SSSR count). The Morgan fingerprint density at radius 2 is 1.65 bits per heavy atom. The summed E-state index contributed by atoms with van der Waals surface area (Å²) in [6.07, 6.45) is 14.2. The molecule has 0 spiro atoms. The van der Waals surface area contributed by atoms with Gasteiger partial charge >= 0.3 is 5.97 Å². The van der Waals surface area contributed by atoms with Gasteiger partial charge < -0.3 is 9.84 Å². The first kappa shape index (κ1) is 32.0. The molecule has 6 atom stereocenters. The lowest BCUT2D eigenvalue weighted by Gasteiger charge is -2.53. The Kier molecular flexibility index (Phi) is 10.2. The maximum absolute atomic E-state index is 12.3. The fourth-order valence-corrected chi connectivity index (χ4v) is 9.68. The third-order valence-electron chi connectivity index (χ3n) is 10.9. The first-order chi connectivity index (χ1) is 20.6. The molecule has 0 aliphatic heterocycles. The van der Waals surface area contributed by atoms with E-state index in [0.717, 1.165) is 63.4 Å². The van der Waals surface area contributed by atoms with Crippen molar-refractivity contribution in [3.8, 4) is 5.75 Å². The molecule has 43 heavy (non-hydrogen) atoms. The van der Waals surface area contributed by atoms with Crippen molar-refractivity contribution in [3.63, 3.8) is 0 Å². The first-order valence-electron chi connectivity index (χ1n) is 16.5. The zero-order valence-corrected chi connectivity index (χ0v) is 27.0. The predicted molar refractivity (Wildman–Crippen MR) is 168 cm³/mol. The number of carbonyl (C=O) groups is 1. The fraction of sp³-hybridized carbons (Fsp3) is 0.639. The molecule has 0 heterocycles. The minimum Gasteiger partial charge on any atom is -0.508 e. The van der Waals surface area contributed by atoms with Crippen LogP contribution in [0.1, 0.15) is 114 Å². The fourth-order valence-electron chi connectivity index (χ4n) is 8.74. The van der Waals surface area contributed by atoms with E-state index in [1.807, 2.05) is 19.1 Å². The quantitative estimate of drug-likeness (QED) is 0.140. The number of rotatable bonds is 13. The maximum Gasteiger partial charge on any atom is 0.302 e. The number of carbonyl (C=O) groups excluding carboxylic acids is 1. The molecule has 0 aromatic heterocycles. The monoisotopic (exact) mass is 610 g/mol. The molecule has 0 bridgehead atoms. The molecule has 236 valence electrons. The van der Waals surface area contributed by atoms with Gasteiger partial charge in [-0.15, -0.1) is 0 Å². The second-order valence-electron chi connectivity index (χ2n) is 13.7. The lowest BCUT2D eigenvalue weighted by atomic mass is 9.52. The van der Waals surface area contributed by atoms with Crippen molar-refractivity contribution in [1.29, 1.82) is 0 Å². The number of hydrogen-bond donors (Lipinski definition) is 1. The minimum absolute atomic E-state index is 0.0333. The van der Waals surface area contributed by atoms with Crippen LogP contribution in [-0.4, -0.2) is 32.2 Å². The number of unbranched alkanes of at least 4 members (excludes halogenated alkanes) is 6. The van der Waals surface area contributed by atoms with Crippen LogP contribution in [0.5, 0.6) is 5.75 Å². The molecule has 2 saturated carbocycles. The standard InChI is InChI=1S/C36H50O6S/c1-25-12-15-30(16-13-25)43(39,40)41-22-10-8-6-4-5-7-9-11-27-23-28-24-29(38)14-17-31(28)32-20-21-36(3)33(35(27)32)18-19-34(36)42-26(2)37/h12-17,24,27,32-35,38H,4-11,18-23H2,1-3H3/t27-,32?,33?,34+,35?,36+/m1/s1. The number of aromatic hydroxyl groups is 1. The molecule has 2 fully saturated rings. The van der Waals surface area contributed by atoms with E-state index in [4.69, 9.17) is 8.92 Å². The number of fused-ring (bicyclic) bond motifs is 5. The van der Waals surface area contributed by atoms with E-state index in [0.29, 0.717) is 29.4 Å². The van der Waals surface area contributed by atoms with Crippen molar-refractivity contribution in [3.05, 3.63) is 59.2 Å². The number of phenols is 1. The summed E-state index contributed by atoms with van der Waals surface area (Å²) >= 11 is 0. The highest BCUT2D eigenvalue weighted by atomic mass is 32.2. The van der Waals surface area contributed by atoms with E-state index in [1.165, 1.54) is 36.8 Å². The van der Waals surface area contributed by atoms with Crippen LogP contribution in [0.4, 0.5) is 0 Å². The van der Waals surface area contributed by atoms with Gasteiger partial charge in [0.1, 0.15) is 11.9 Å². The number of esters is 1. The summed E-state index contributed by atoms with van der Waals surface area (Å²) in [5, 5.41) is 10.2. The minimum atomic E-state index is -3.68. The molecule has 0 saturated heterocycles.